The van der Waals surface area contributed by atoms with Gasteiger partial charge in [0.2, 0.25) is 5.91 Å². The molecule has 0 saturated heterocycles. The van der Waals surface area contributed by atoms with Gasteiger partial charge in [0.05, 0.1) is 17.4 Å². The smallest absolute Gasteiger partial charge is 0.343 e. The van der Waals surface area contributed by atoms with Crippen LogP contribution in [0.25, 0.3) is 0 Å². The van der Waals surface area contributed by atoms with Crippen molar-refractivity contribution in [3.05, 3.63) is 26.5 Å². The van der Waals surface area contributed by atoms with Crippen LogP contribution in [0.4, 0.5) is 5.00 Å². The van der Waals surface area contributed by atoms with Gasteiger partial charge in [-0.1, -0.05) is 18.7 Å². The first-order valence-electron chi connectivity index (χ1n) is 9.90. The molecule has 1 amide bonds. The second-order valence-corrected chi connectivity index (χ2v) is 9.26. The Morgan fingerprint density at radius 3 is 2.83 bits per heavy atom. The van der Waals surface area contributed by atoms with Crippen molar-refractivity contribution < 1.29 is 14.3 Å². The van der Waals surface area contributed by atoms with Gasteiger partial charge in [-0.2, -0.15) is 0 Å². The Hall–Kier alpha value is -2.07. The maximum absolute atomic E-state index is 12.8. The average Bonchev–Trinajstić information content (AvgIpc) is 3.23. The first-order chi connectivity index (χ1) is 14.0. The maximum atomic E-state index is 12.8. The molecule has 0 fully saturated rings. The van der Waals surface area contributed by atoms with Crippen LogP contribution in [0.15, 0.2) is 9.95 Å². The van der Waals surface area contributed by atoms with Crippen LogP contribution in [0.5, 0.6) is 0 Å². The van der Waals surface area contributed by atoms with Gasteiger partial charge in [0.25, 0.3) is 0 Å². The Morgan fingerprint density at radius 2 is 2.10 bits per heavy atom. The number of aromatic amines is 1. The molecule has 2 heterocycles. The predicted molar refractivity (Wildman–Crippen MR) is 114 cm³/mol. The number of thiophene rings is 1. The average molecular weight is 439 g/mol. The van der Waals surface area contributed by atoms with Gasteiger partial charge >= 0.3 is 11.7 Å². The van der Waals surface area contributed by atoms with Crippen LogP contribution in [-0.2, 0) is 28.9 Å². The van der Waals surface area contributed by atoms with Crippen molar-refractivity contribution in [2.45, 2.75) is 69.8 Å². The van der Waals surface area contributed by atoms with Crippen LogP contribution in [-0.4, -0.2) is 38.5 Å². The zero-order chi connectivity index (χ0) is 21.0. The van der Waals surface area contributed by atoms with Gasteiger partial charge in [0.1, 0.15) is 5.00 Å². The molecule has 1 aliphatic carbocycles. The number of anilines is 1. The minimum Gasteiger partial charge on any atom is -0.462 e. The number of amides is 1. The number of nitrogens with zero attached hydrogens (tertiary/aromatic N) is 2. The molecule has 0 bridgehead atoms. The normalized spacial score (nSPS) is 14.3. The van der Waals surface area contributed by atoms with E-state index in [0.29, 0.717) is 22.3 Å². The number of esters is 1. The molecule has 8 nitrogen and oxygen atoms in total. The van der Waals surface area contributed by atoms with Crippen LogP contribution >= 0.6 is 23.1 Å². The SMILES string of the molecule is CCCn1c(S[C@@H](C)C(=O)Nc2sc3c(c2C(=O)OCC)CCCC3)n[nH]c1=O. The lowest BCUT2D eigenvalue weighted by Gasteiger charge is -2.13. The highest BCUT2D eigenvalue weighted by atomic mass is 32.2. The third-order valence-corrected chi connectivity index (χ3v) is 7.01. The van der Waals surface area contributed by atoms with Gasteiger partial charge in [-0.05, 0) is 51.5 Å². The van der Waals surface area contributed by atoms with Crippen molar-refractivity contribution in [1.29, 1.82) is 0 Å². The molecule has 0 spiro atoms. The third-order valence-electron chi connectivity index (χ3n) is 4.71. The van der Waals surface area contributed by atoms with Crippen LogP contribution in [0.2, 0.25) is 0 Å². The van der Waals surface area contributed by atoms with Crippen molar-refractivity contribution in [3.63, 3.8) is 0 Å². The molecule has 2 aromatic rings. The van der Waals surface area contributed by atoms with E-state index in [1.807, 2.05) is 6.92 Å². The minimum absolute atomic E-state index is 0.238. The lowest BCUT2D eigenvalue weighted by Crippen LogP contribution is -2.24. The molecule has 10 heteroatoms. The van der Waals surface area contributed by atoms with Crippen LogP contribution < -0.4 is 11.0 Å². The van der Waals surface area contributed by atoms with E-state index in [4.69, 9.17) is 4.74 Å². The minimum atomic E-state index is -0.491. The summed E-state index contributed by atoms with van der Waals surface area (Å²) in [5.41, 5.74) is 1.23. The van der Waals surface area contributed by atoms with Gasteiger partial charge in [0.15, 0.2) is 5.16 Å². The molecule has 0 aromatic carbocycles. The number of rotatable bonds is 8. The number of aromatic nitrogens is 3. The first-order valence-corrected chi connectivity index (χ1v) is 11.6. The molecule has 0 aliphatic heterocycles. The van der Waals surface area contributed by atoms with E-state index in [-0.39, 0.29) is 24.2 Å². The number of hydrogen-bond acceptors (Lipinski definition) is 7. The van der Waals surface area contributed by atoms with E-state index in [1.54, 1.807) is 13.8 Å². The van der Waals surface area contributed by atoms with E-state index in [0.717, 1.165) is 42.5 Å². The second kappa shape index (κ2) is 9.62. The van der Waals surface area contributed by atoms with Gasteiger partial charge in [-0.3, -0.25) is 9.36 Å². The van der Waals surface area contributed by atoms with Crippen LogP contribution in [0, 0.1) is 0 Å². The molecule has 3 rings (SSSR count). The largest absolute Gasteiger partial charge is 0.462 e. The molecule has 1 atom stereocenters. The summed E-state index contributed by atoms with van der Waals surface area (Å²) in [6.07, 6.45) is 4.66. The topological polar surface area (TPSA) is 106 Å². The molecule has 29 heavy (non-hydrogen) atoms. The Labute approximate surface area is 177 Å². The van der Waals surface area contributed by atoms with Crippen molar-refractivity contribution in [3.8, 4) is 0 Å². The number of carbonyl (C=O) groups excluding carboxylic acids is 2. The summed E-state index contributed by atoms with van der Waals surface area (Å²) < 4.78 is 6.77. The highest BCUT2D eigenvalue weighted by molar-refractivity contribution is 8.00. The van der Waals surface area contributed by atoms with Gasteiger partial charge in [-0.25, -0.2) is 14.7 Å². The van der Waals surface area contributed by atoms with Crippen LogP contribution in [0.3, 0.4) is 0 Å². The van der Waals surface area contributed by atoms with E-state index >= 15 is 0 Å². The number of aryl methyl sites for hydroxylation is 1. The molecular formula is C19H26N4O4S2. The fourth-order valence-corrected chi connectivity index (χ4v) is 5.47. The summed E-state index contributed by atoms with van der Waals surface area (Å²) in [5, 5.41) is 9.92. The predicted octanol–water partition coefficient (Wildman–Crippen LogP) is 3.22. The molecule has 0 radical (unpaired) electrons. The van der Waals surface area contributed by atoms with E-state index in [1.165, 1.54) is 27.7 Å². The lowest BCUT2D eigenvalue weighted by molar-refractivity contribution is -0.115. The summed E-state index contributed by atoms with van der Waals surface area (Å²) in [6, 6.07) is 0. The van der Waals surface area contributed by atoms with E-state index < -0.39 is 5.25 Å². The summed E-state index contributed by atoms with van der Waals surface area (Å²) >= 11 is 2.68. The summed E-state index contributed by atoms with van der Waals surface area (Å²) in [4.78, 5) is 38.4. The van der Waals surface area contributed by atoms with Crippen molar-refractivity contribution in [2.24, 2.45) is 0 Å². The Morgan fingerprint density at radius 1 is 1.34 bits per heavy atom. The van der Waals surface area contributed by atoms with Gasteiger partial charge in [-0.15, -0.1) is 16.4 Å². The highest BCUT2D eigenvalue weighted by Gasteiger charge is 2.28. The zero-order valence-electron chi connectivity index (χ0n) is 16.9. The standard InChI is InChI=1S/C19H26N4O4S2/c1-4-10-23-18(26)21-22-19(23)28-11(3)15(24)20-16-14(17(25)27-5-2)12-8-6-7-9-13(12)29-16/h11H,4-10H2,1-3H3,(H,20,24)(H,21,26)/t11-/m0/s1. The van der Waals surface area contributed by atoms with Gasteiger partial charge in [0, 0.05) is 11.4 Å². The third kappa shape index (κ3) is 4.75. The maximum Gasteiger partial charge on any atom is 0.343 e. The Balaban J connectivity index is 1.79. The fourth-order valence-electron chi connectivity index (χ4n) is 3.31. The highest BCUT2D eigenvalue weighted by Crippen LogP contribution is 2.39. The number of thioether (sulfide) groups is 1. The second-order valence-electron chi connectivity index (χ2n) is 6.85. The first kappa shape index (κ1) is 21.6. The van der Waals surface area contributed by atoms with E-state index in [2.05, 4.69) is 15.5 Å². The Kier molecular flexibility index (Phi) is 7.18. The fraction of sp³-hybridized carbons (Fsp3) is 0.579. The molecular weight excluding hydrogens is 412 g/mol. The molecule has 0 saturated carbocycles. The molecule has 0 unspecified atom stereocenters. The van der Waals surface area contributed by atoms with Crippen molar-refractivity contribution in [1.82, 2.24) is 14.8 Å². The summed E-state index contributed by atoms with van der Waals surface area (Å²) in [7, 11) is 0. The van der Waals surface area contributed by atoms with E-state index in [9.17, 15) is 14.4 Å². The van der Waals surface area contributed by atoms with Gasteiger partial charge < -0.3 is 10.1 Å². The number of ether oxygens (including phenoxy) is 1. The number of H-pyrrole nitrogens is 1. The summed E-state index contributed by atoms with van der Waals surface area (Å²) in [5.74, 6) is -0.621. The number of nitrogens with one attached hydrogen (secondary N) is 2. The quantitative estimate of drug-likeness (QED) is 0.484. The monoisotopic (exact) mass is 438 g/mol. The van der Waals surface area contributed by atoms with Crippen LogP contribution in [0.1, 0.15) is 60.8 Å². The summed E-state index contributed by atoms with van der Waals surface area (Å²) in [6.45, 7) is 6.33. The number of carbonyl (C=O) groups is 2. The molecule has 2 N–H and O–H groups in total. The van der Waals surface area contributed by atoms with Crippen molar-refractivity contribution >= 4 is 40.0 Å². The lowest BCUT2D eigenvalue weighted by atomic mass is 9.95. The zero-order valence-corrected chi connectivity index (χ0v) is 18.5. The number of fused-ring (bicyclic) bond motifs is 1. The Bertz CT molecular complexity index is 947. The molecule has 2 aromatic heterocycles. The number of hydrogen-bond donors (Lipinski definition) is 2. The molecule has 1 aliphatic rings. The van der Waals surface area contributed by atoms with Crippen molar-refractivity contribution in [2.75, 3.05) is 11.9 Å². The molecule has 158 valence electrons.